The number of benzene rings is 1. The van der Waals surface area contributed by atoms with Gasteiger partial charge in [-0.15, -0.1) is 0 Å². The maximum atomic E-state index is 14.4. The molecule has 2 aliphatic rings. The van der Waals surface area contributed by atoms with E-state index in [0.717, 1.165) is 29.4 Å². The van der Waals surface area contributed by atoms with Crippen LogP contribution in [0.3, 0.4) is 0 Å². The summed E-state index contributed by atoms with van der Waals surface area (Å²) in [5.41, 5.74) is -0.200. The van der Waals surface area contributed by atoms with E-state index in [9.17, 15) is 31.9 Å². The molecule has 186 valence electrons. The highest BCUT2D eigenvalue weighted by Crippen LogP contribution is 2.38. The van der Waals surface area contributed by atoms with Crippen LogP contribution in [-0.4, -0.2) is 67.4 Å². The number of H-pyrrole nitrogens is 1. The number of nitrogens with zero attached hydrogens (tertiary/aromatic N) is 4. The van der Waals surface area contributed by atoms with Crippen molar-refractivity contribution in [3.05, 3.63) is 47.4 Å². The first kappa shape index (κ1) is 23.4. The molecular formula is C22H21F5N6O2. The number of aliphatic hydroxyl groups is 1. The number of amides is 1. The summed E-state index contributed by atoms with van der Waals surface area (Å²) in [6, 6.07) is 0.970. The summed E-state index contributed by atoms with van der Waals surface area (Å²) < 4.78 is 68.9. The summed E-state index contributed by atoms with van der Waals surface area (Å²) in [5.74, 6) is -3.14. The van der Waals surface area contributed by atoms with Crippen LogP contribution in [0.2, 0.25) is 0 Å². The fraction of sp³-hybridized carbons (Fsp3) is 0.455. The SMILES string of the molecule is O=C(c1[nH]nc2ncnc(N[C@@H]3C[C@@H](C(F)F)C[C@H]3O)c12)N1C[C@@H](F)C[C@@H]1c1cc(F)ccc1F. The van der Waals surface area contributed by atoms with E-state index in [1.165, 1.54) is 0 Å². The Kier molecular flexibility index (Phi) is 6.03. The van der Waals surface area contributed by atoms with Crippen molar-refractivity contribution in [3.8, 4) is 0 Å². The molecule has 1 amide bonds. The molecule has 3 heterocycles. The zero-order chi connectivity index (χ0) is 24.9. The Morgan fingerprint density at radius 1 is 1.20 bits per heavy atom. The van der Waals surface area contributed by atoms with Gasteiger partial charge in [-0.3, -0.25) is 9.89 Å². The van der Waals surface area contributed by atoms with E-state index >= 15 is 0 Å². The van der Waals surface area contributed by atoms with Crippen molar-refractivity contribution in [1.82, 2.24) is 25.1 Å². The number of nitrogens with one attached hydrogen (secondary N) is 2. The predicted molar refractivity (Wildman–Crippen MR) is 113 cm³/mol. The van der Waals surface area contributed by atoms with Crippen LogP contribution in [-0.2, 0) is 0 Å². The van der Waals surface area contributed by atoms with Gasteiger partial charge in [0.1, 0.15) is 35.6 Å². The van der Waals surface area contributed by atoms with Gasteiger partial charge >= 0.3 is 0 Å². The Labute approximate surface area is 195 Å². The van der Waals surface area contributed by atoms with E-state index in [-0.39, 0.29) is 53.9 Å². The molecule has 2 fully saturated rings. The number of aromatic nitrogens is 4. The molecule has 1 saturated carbocycles. The van der Waals surface area contributed by atoms with Gasteiger partial charge < -0.3 is 15.3 Å². The molecule has 13 heteroatoms. The van der Waals surface area contributed by atoms with Crippen LogP contribution < -0.4 is 5.32 Å². The molecule has 0 bridgehead atoms. The summed E-state index contributed by atoms with van der Waals surface area (Å²) in [5, 5.41) is 19.8. The van der Waals surface area contributed by atoms with E-state index < -0.39 is 54.2 Å². The number of fused-ring (bicyclic) bond motifs is 1. The molecule has 1 aliphatic heterocycles. The largest absolute Gasteiger partial charge is 0.391 e. The zero-order valence-electron chi connectivity index (χ0n) is 18.1. The van der Waals surface area contributed by atoms with Gasteiger partial charge in [-0.1, -0.05) is 0 Å². The van der Waals surface area contributed by atoms with E-state index in [0.29, 0.717) is 0 Å². The first-order chi connectivity index (χ1) is 16.7. The number of aliphatic hydroxyl groups excluding tert-OH is 1. The minimum Gasteiger partial charge on any atom is -0.391 e. The second-order valence-electron chi connectivity index (χ2n) is 8.88. The van der Waals surface area contributed by atoms with Crippen LogP contribution >= 0.6 is 0 Å². The van der Waals surface area contributed by atoms with Gasteiger partial charge in [0.05, 0.1) is 30.1 Å². The minimum atomic E-state index is -2.59. The number of aromatic amines is 1. The molecular weight excluding hydrogens is 475 g/mol. The lowest BCUT2D eigenvalue weighted by atomic mass is 10.0. The minimum absolute atomic E-state index is 0.0119. The van der Waals surface area contributed by atoms with Crippen LogP contribution in [0.25, 0.3) is 11.0 Å². The highest BCUT2D eigenvalue weighted by atomic mass is 19.3. The average molecular weight is 496 g/mol. The van der Waals surface area contributed by atoms with E-state index in [1.807, 2.05) is 0 Å². The zero-order valence-corrected chi connectivity index (χ0v) is 18.1. The fourth-order valence-corrected chi connectivity index (χ4v) is 4.93. The predicted octanol–water partition coefficient (Wildman–Crippen LogP) is 3.37. The number of carbonyl (C=O) groups is 1. The van der Waals surface area contributed by atoms with Crippen molar-refractivity contribution in [2.24, 2.45) is 5.92 Å². The molecule has 3 aromatic rings. The third kappa shape index (κ3) is 4.28. The van der Waals surface area contributed by atoms with Crippen molar-refractivity contribution in [1.29, 1.82) is 0 Å². The molecule has 35 heavy (non-hydrogen) atoms. The summed E-state index contributed by atoms with van der Waals surface area (Å²) in [6.07, 6.45) is -4.27. The van der Waals surface area contributed by atoms with Crippen molar-refractivity contribution in [3.63, 3.8) is 0 Å². The Balaban J connectivity index is 1.48. The third-order valence-corrected chi connectivity index (χ3v) is 6.64. The second-order valence-corrected chi connectivity index (χ2v) is 8.88. The molecule has 5 atom stereocenters. The van der Waals surface area contributed by atoms with Gasteiger partial charge in [0, 0.05) is 17.9 Å². The molecule has 1 aliphatic carbocycles. The van der Waals surface area contributed by atoms with Crippen LogP contribution in [0.5, 0.6) is 0 Å². The van der Waals surface area contributed by atoms with Crippen LogP contribution in [0, 0.1) is 17.6 Å². The number of hydrogen-bond acceptors (Lipinski definition) is 6. The van der Waals surface area contributed by atoms with Crippen LogP contribution in [0.4, 0.5) is 27.8 Å². The molecule has 5 rings (SSSR count). The molecule has 1 aromatic carbocycles. The molecule has 2 aromatic heterocycles. The normalized spacial score (nSPS) is 26.7. The fourth-order valence-electron chi connectivity index (χ4n) is 4.93. The lowest BCUT2D eigenvalue weighted by molar-refractivity contribution is 0.0701. The van der Waals surface area contributed by atoms with Gasteiger partial charge in [0.25, 0.3) is 5.91 Å². The van der Waals surface area contributed by atoms with Gasteiger partial charge in [0.2, 0.25) is 6.43 Å². The average Bonchev–Trinajstić information content (AvgIpc) is 3.52. The Bertz CT molecular complexity index is 1260. The number of anilines is 1. The monoisotopic (exact) mass is 496 g/mol. The summed E-state index contributed by atoms with van der Waals surface area (Å²) in [7, 11) is 0. The Morgan fingerprint density at radius 3 is 2.74 bits per heavy atom. The number of rotatable bonds is 5. The molecule has 1 saturated heterocycles. The van der Waals surface area contributed by atoms with Crippen molar-refractivity contribution >= 4 is 22.8 Å². The van der Waals surface area contributed by atoms with Gasteiger partial charge in [0.15, 0.2) is 5.65 Å². The molecule has 3 N–H and O–H groups in total. The Hall–Kier alpha value is -3.35. The molecule has 0 unspecified atom stereocenters. The first-order valence-electron chi connectivity index (χ1n) is 11.0. The van der Waals surface area contributed by atoms with E-state index in [2.05, 4.69) is 25.5 Å². The summed E-state index contributed by atoms with van der Waals surface area (Å²) in [4.78, 5) is 22.7. The van der Waals surface area contributed by atoms with E-state index in [4.69, 9.17) is 0 Å². The summed E-state index contributed by atoms with van der Waals surface area (Å²) >= 11 is 0. The third-order valence-electron chi connectivity index (χ3n) is 6.64. The highest BCUT2D eigenvalue weighted by Gasteiger charge is 2.41. The number of likely N-dealkylation sites (tertiary alicyclic amines) is 1. The molecule has 8 nitrogen and oxygen atoms in total. The second kappa shape index (κ2) is 9.02. The standard InChI is InChI=1S/C22H21F5N6O2/c23-10-1-2-13(25)12(5-10)15-6-11(24)7-33(15)22(35)18-17-20(28-8-29-21(17)32-31-18)30-14-3-9(19(26)27)4-16(14)34/h1-2,5,8-9,11,14-16,19,34H,3-4,6-7H2,(H2,28,29,30,31,32)/t9-,11+,14-,15-,16-/m1/s1. The number of hydrogen-bond donors (Lipinski definition) is 3. The number of carbonyl (C=O) groups excluding carboxylic acids is 1. The van der Waals surface area contributed by atoms with Crippen molar-refractivity contribution in [2.75, 3.05) is 11.9 Å². The summed E-state index contributed by atoms with van der Waals surface area (Å²) in [6.45, 7) is -0.353. The molecule has 0 radical (unpaired) electrons. The van der Waals surface area contributed by atoms with Crippen molar-refractivity contribution in [2.45, 2.75) is 50.0 Å². The van der Waals surface area contributed by atoms with Gasteiger partial charge in [-0.2, -0.15) is 5.10 Å². The van der Waals surface area contributed by atoms with Crippen LogP contribution in [0.1, 0.15) is 41.4 Å². The van der Waals surface area contributed by atoms with Gasteiger partial charge in [-0.05, 0) is 31.0 Å². The highest BCUT2D eigenvalue weighted by molar-refractivity contribution is 6.07. The maximum absolute atomic E-state index is 14.4. The van der Waals surface area contributed by atoms with E-state index in [1.54, 1.807) is 0 Å². The van der Waals surface area contributed by atoms with Gasteiger partial charge in [-0.25, -0.2) is 31.9 Å². The first-order valence-corrected chi connectivity index (χ1v) is 11.0. The lowest BCUT2D eigenvalue weighted by Crippen LogP contribution is -2.32. The Morgan fingerprint density at radius 2 is 2.00 bits per heavy atom. The lowest BCUT2D eigenvalue weighted by Gasteiger charge is -2.25. The topological polar surface area (TPSA) is 107 Å². The number of alkyl halides is 3. The quantitative estimate of drug-likeness (QED) is 0.468. The van der Waals surface area contributed by atoms with Crippen LogP contribution in [0.15, 0.2) is 24.5 Å². The van der Waals surface area contributed by atoms with Crippen molar-refractivity contribution < 1.29 is 31.9 Å². The molecule has 0 spiro atoms. The smallest absolute Gasteiger partial charge is 0.273 e. The maximum Gasteiger partial charge on any atom is 0.273 e. The number of halogens is 5.